The standard InChI is InChI=1S/C26H25N3O3S/c1-16-12-13-20(32-2)19(14-16)27-22(30)15-29-24(17-8-4-3-5-9-17)28-25-23(26(29)31)18-10-6-7-11-21(18)33-25/h3-5,8-9,12-14H,6-7,10-11,15H2,1-2H3,(H,27,30). The molecular formula is C26H25N3O3S. The molecule has 0 radical (unpaired) electrons. The van der Waals surface area contributed by atoms with Crippen LogP contribution >= 0.6 is 11.3 Å². The van der Waals surface area contributed by atoms with Gasteiger partial charge in [0, 0.05) is 10.4 Å². The van der Waals surface area contributed by atoms with Gasteiger partial charge in [-0.15, -0.1) is 11.3 Å². The van der Waals surface area contributed by atoms with Crippen molar-refractivity contribution in [2.75, 3.05) is 12.4 Å². The number of rotatable bonds is 5. The average Bonchev–Trinajstić information content (AvgIpc) is 3.20. The molecule has 7 heteroatoms. The maximum Gasteiger partial charge on any atom is 0.263 e. The maximum atomic E-state index is 13.7. The van der Waals surface area contributed by atoms with Gasteiger partial charge in [-0.25, -0.2) is 4.98 Å². The molecule has 6 nitrogen and oxygen atoms in total. The van der Waals surface area contributed by atoms with Crippen LogP contribution in [0.4, 0.5) is 5.69 Å². The van der Waals surface area contributed by atoms with Crippen molar-refractivity contribution in [1.82, 2.24) is 9.55 Å². The molecule has 1 amide bonds. The average molecular weight is 460 g/mol. The lowest BCUT2D eigenvalue weighted by atomic mass is 9.97. The number of carbonyl (C=O) groups excluding carboxylic acids is 1. The number of thiophene rings is 1. The second-order valence-corrected chi connectivity index (χ2v) is 9.42. The van der Waals surface area contributed by atoms with Gasteiger partial charge in [-0.1, -0.05) is 36.4 Å². The lowest BCUT2D eigenvalue weighted by Crippen LogP contribution is -2.30. The Morgan fingerprint density at radius 1 is 1.15 bits per heavy atom. The molecule has 0 saturated heterocycles. The molecule has 2 heterocycles. The highest BCUT2D eigenvalue weighted by Crippen LogP contribution is 2.35. The number of hydrogen-bond acceptors (Lipinski definition) is 5. The lowest BCUT2D eigenvalue weighted by Gasteiger charge is -2.15. The molecule has 0 unspecified atom stereocenters. The van der Waals surface area contributed by atoms with E-state index in [1.807, 2.05) is 55.5 Å². The Morgan fingerprint density at radius 2 is 1.94 bits per heavy atom. The second kappa shape index (κ2) is 8.83. The Hall–Kier alpha value is -3.45. The van der Waals surface area contributed by atoms with E-state index in [1.54, 1.807) is 18.4 Å². The monoisotopic (exact) mass is 459 g/mol. The first-order valence-electron chi connectivity index (χ1n) is 11.1. The minimum Gasteiger partial charge on any atom is -0.495 e. The van der Waals surface area contributed by atoms with E-state index in [0.717, 1.165) is 47.2 Å². The highest BCUT2D eigenvalue weighted by atomic mass is 32.1. The first-order valence-corrected chi connectivity index (χ1v) is 11.9. The molecule has 1 N–H and O–H groups in total. The van der Waals surface area contributed by atoms with Crippen molar-refractivity contribution in [2.45, 2.75) is 39.2 Å². The highest BCUT2D eigenvalue weighted by molar-refractivity contribution is 7.18. The summed E-state index contributed by atoms with van der Waals surface area (Å²) in [7, 11) is 1.57. The van der Waals surface area contributed by atoms with Gasteiger partial charge in [-0.3, -0.25) is 14.2 Å². The van der Waals surface area contributed by atoms with Crippen molar-refractivity contribution < 1.29 is 9.53 Å². The number of benzene rings is 2. The normalized spacial score (nSPS) is 13.0. The van der Waals surface area contributed by atoms with E-state index >= 15 is 0 Å². The molecule has 2 aromatic carbocycles. The summed E-state index contributed by atoms with van der Waals surface area (Å²) in [6.45, 7) is 1.82. The molecule has 2 aromatic heterocycles. The van der Waals surface area contributed by atoms with E-state index in [-0.39, 0.29) is 18.0 Å². The van der Waals surface area contributed by atoms with E-state index in [4.69, 9.17) is 9.72 Å². The van der Waals surface area contributed by atoms with Crippen molar-refractivity contribution in [1.29, 1.82) is 0 Å². The van der Waals surface area contributed by atoms with Crippen LogP contribution in [0.15, 0.2) is 53.3 Å². The Kier molecular flexibility index (Phi) is 5.72. The van der Waals surface area contributed by atoms with Gasteiger partial charge in [-0.05, 0) is 55.9 Å². The smallest absolute Gasteiger partial charge is 0.263 e. The number of ether oxygens (including phenoxy) is 1. The number of methoxy groups -OCH3 is 1. The Bertz CT molecular complexity index is 1410. The third-order valence-electron chi connectivity index (χ3n) is 6.04. The van der Waals surface area contributed by atoms with Crippen LogP contribution < -0.4 is 15.6 Å². The zero-order valence-electron chi connectivity index (χ0n) is 18.7. The fourth-order valence-electron chi connectivity index (χ4n) is 4.45. The Balaban J connectivity index is 1.60. The van der Waals surface area contributed by atoms with Crippen LogP contribution in [0.2, 0.25) is 0 Å². The van der Waals surface area contributed by atoms with Crippen LogP contribution in [0.3, 0.4) is 0 Å². The molecule has 4 aromatic rings. The molecule has 0 aliphatic heterocycles. The molecule has 0 saturated carbocycles. The number of anilines is 1. The van der Waals surface area contributed by atoms with Crippen LogP contribution in [0, 0.1) is 6.92 Å². The number of fused-ring (bicyclic) bond motifs is 3. The van der Waals surface area contributed by atoms with Crippen molar-refractivity contribution >= 4 is 33.1 Å². The minimum absolute atomic E-state index is 0.131. The summed E-state index contributed by atoms with van der Waals surface area (Å²) < 4.78 is 6.89. The molecule has 33 heavy (non-hydrogen) atoms. The van der Waals surface area contributed by atoms with Crippen LogP contribution in [-0.2, 0) is 24.2 Å². The summed E-state index contributed by atoms with van der Waals surface area (Å²) in [6.07, 6.45) is 4.10. The molecule has 0 spiro atoms. The molecule has 5 rings (SSSR count). The summed E-state index contributed by atoms with van der Waals surface area (Å²) in [6, 6.07) is 15.2. The molecular weight excluding hydrogens is 434 g/mol. The van der Waals surface area contributed by atoms with Gasteiger partial charge in [0.05, 0.1) is 18.2 Å². The second-order valence-electron chi connectivity index (χ2n) is 8.34. The van der Waals surface area contributed by atoms with Crippen LogP contribution in [0.25, 0.3) is 21.6 Å². The SMILES string of the molecule is COc1ccc(C)cc1NC(=O)Cn1c(-c2ccccc2)nc2sc3c(c2c1=O)CCCC3. The van der Waals surface area contributed by atoms with Gasteiger partial charge in [0.15, 0.2) is 0 Å². The topological polar surface area (TPSA) is 73.2 Å². The van der Waals surface area contributed by atoms with Crippen molar-refractivity contribution in [3.05, 3.63) is 74.9 Å². The summed E-state index contributed by atoms with van der Waals surface area (Å²) in [5.41, 5.74) is 3.36. The van der Waals surface area contributed by atoms with E-state index in [0.29, 0.717) is 22.6 Å². The molecule has 0 atom stereocenters. The molecule has 0 bridgehead atoms. The van der Waals surface area contributed by atoms with Crippen molar-refractivity contribution in [3.8, 4) is 17.1 Å². The van der Waals surface area contributed by atoms with Gasteiger partial charge in [-0.2, -0.15) is 0 Å². The fraction of sp³-hybridized carbons (Fsp3) is 0.269. The number of nitrogens with one attached hydrogen (secondary N) is 1. The zero-order valence-corrected chi connectivity index (χ0v) is 19.5. The van der Waals surface area contributed by atoms with Gasteiger partial charge in [0.2, 0.25) is 5.91 Å². The zero-order chi connectivity index (χ0) is 22.9. The van der Waals surface area contributed by atoms with E-state index in [2.05, 4.69) is 5.32 Å². The summed E-state index contributed by atoms with van der Waals surface area (Å²) >= 11 is 1.62. The largest absolute Gasteiger partial charge is 0.495 e. The van der Waals surface area contributed by atoms with Crippen LogP contribution in [0.1, 0.15) is 28.8 Å². The summed E-state index contributed by atoms with van der Waals surface area (Å²) in [4.78, 5) is 33.8. The van der Waals surface area contributed by atoms with Gasteiger partial charge >= 0.3 is 0 Å². The first-order chi connectivity index (χ1) is 16.0. The number of aryl methyl sites for hydroxylation is 3. The van der Waals surface area contributed by atoms with Gasteiger partial charge in [0.1, 0.15) is 22.9 Å². The number of nitrogens with zero attached hydrogens (tertiary/aromatic N) is 2. The minimum atomic E-state index is -0.302. The van der Waals surface area contributed by atoms with E-state index < -0.39 is 0 Å². The predicted molar refractivity (Wildman–Crippen MR) is 132 cm³/mol. The van der Waals surface area contributed by atoms with Crippen molar-refractivity contribution in [3.63, 3.8) is 0 Å². The summed E-state index contributed by atoms with van der Waals surface area (Å²) in [5, 5.41) is 3.59. The number of amides is 1. The van der Waals surface area contributed by atoms with Crippen LogP contribution in [-0.4, -0.2) is 22.6 Å². The molecule has 168 valence electrons. The van der Waals surface area contributed by atoms with Gasteiger partial charge in [0.25, 0.3) is 5.56 Å². The fourth-order valence-corrected chi connectivity index (χ4v) is 5.70. The maximum absolute atomic E-state index is 13.7. The third kappa shape index (κ3) is 4.04. The number of carbonyl (C=O) groups is 1. The highest BCUT2D eigenvalue weighted by Gasteiger charge is 2.23. The Morgan fingerprint density at radius 3 is 2.73 bits per heavy atom. The quantitative estimate of drug-likeness (QED) is 0.458. The van der Waals surface area contributed by atoms with Crippen molar-refractivity contribution in [2.24, 2.45) is 0 Å². The molecule has 0 fully saturated rings. The van der Waals surface area contributed by atoms with E-state index in [1.165, 1.54) is 9.44 Å². The molecule has 1 aliphatic carbocycles. The van der Waals surface area contributed by atoms with Crippen LogP contribution in [0.5, 0.6) is 5.75 Å². The summed E-state index contributed by atoms with van der Waals surface area (Å²) in [5.74, 6) is 0.784. The number of hydrogen-bond donors (Lipinski definition) is 1. The number of aromatic nitrogens is 2. The Labute approximate surface area is 195 Å². The lowest BCUT2D eigenvalue weighted by molar-refractivity contribution is -0.116. The first kappa shape index (κ1) is 21.4. The predicted octanol–water partition coefficient (Wildman–Crippen LogP) is 4.96. The third-order valence-corrected chi connectivity index (χ3v) is 7.22. The van der Waals surface area contributed by atoms with Gasteiger partial charge < -0.3 is 10.1 Å². The van der Waals surface area contributed by atoms with E-state index in [9.17, 15) is 9.59 Å². The molecule has 1 aliphatic rings.